The highest BCUT2D eigenvalue weighted by Gasteiger charge is 2.39. The quantitative estimate of drug-likeness (QED) is 0.742. The van der Waals surface area contributed by atoms with Gasteiger partial charge in [-0.15, -0.1) is 0 Å². The number of hydrogen-bond acceptors (Lipinski definition) is 4. The molecule has 5 heteroatoms. The van der Waals surface area contributed by atoms with E-state index in [1.165, 1.54) is 0 Å². The third-order valence-corrected chi connectivity index (χ3v) is 5.53. The molecule has 5 nitrogen and oxygen atoms in total. The number of piperidine rings is 1. The molecule has 2 aromatic carbocycles. The van der Waals surface area contributed by atoms with Crippen LogP contribution in [-0.2, 0) is 16.9 Å². The maximum absolute atomic E-state index is 12.5. The van der Waals surface area contributed by atoms with E-state index >= 15 is 0 Å². The standard InChI is InChI=1S/C25H33NO4/c1-24(2,3)30-23(27)26-15-9-13-21(17-26)25(4,28)20-12-8-14-22(16-20)29-18-19-10-6-5-7-11-19/h5-8,10-12,14,16,21,28H,9,13,15,17-18H2,1-4H3/t21-,25-/m1/s1. The fourth-order valence-corrected chi connectivity index (χ4v) is 3.81. The summed E-state index contributed by atoms with van der Waals surface area (Å²) in [4.78, 5) is 14.2. The second kappa shape index (κ2) is 9.09. The topological polar surface area (TPSA) is 59.0 Å². The molecule has 0 unspecified atom stereocenters. The Kier molecular flexibility index (Phi) is 6.71. The molecule has 0 bridgehead atoms. The summed E-state index contributed by atoms with van der Waals surface area (Å²) in [7, 11) is 0. The maximum atomic E-state index is 12.5. The smallest absolute Gasteiger partial charge is 0.410 e. The first-order valence-electron chi connectivity index (χ1n) is 10.6. The predicted octanol–water partition coefficient (Wildman–Crippen LogP) is 5.12. The van der Waals surface area contributed by atoms with Gasteiger partial charge < -0.3 is 19.5 Å². The van der Waals surface area contributed by atoms with Gasteiger partial charge in [0.25, 0.3) is 0 Å². The Hall–Kier alpha value is -2.53. The van der Waals surface area contributed by atoms with Crippen molar-refractivity contribution in [2.45, 2.75) is 58.3 Å². The third kappa shape index (κ3) is 5.76. The number of ether oxygens (including phenoxy) is 2. The number of amides is 1. The van der Waals surface area contributed by atoms with Crippen LogP contribution in [0.25, 0.3) is 0 Å². The van der Waals surface area contributed by atoms with Crippen molar-refractivity contribution >= 4 is 6.09 Å². The van der Waals surface area contributed by atoms with Crippen LogP contribution >= 0.6 is 0 Å². The van der Waals surface area contributed by atoms with Crippen molar-refractivity contribution in [1.82, 2.24) is 4.90 Å². The van der Waals surface area contributed by atoms with Crippen LogP contribution < -0.4 is 4.74 Å². The molecule has 1 heterocycles. The summed E-state index contributed by atoms with van der Waals surface area (Å²) in [6.07, 6.45) is 1.37. The van der Waals surface area contributed by atoms with Crippen LogP contribution in [0.3, 0.4) is 0 Å². The van der Waals surface area contributed by atoms with E-state index in [-0.39, 0.29) is 12.0 Å². The summed E-state index contributed by atoms with van der Waals surface area (Å²) in [6, 6.07) is 17.6. The second-order valence-electron chi connectivity index (χ2n) is 9.22. The normalized spacial score (nSPS) is 19.1. The third-order valence-electron chi connectivity index (χ3n) is 5.53. The number of likely N-dealkylation sites (tertiary alicyclic amines) is 1. The van der Waals surface area contributed by atoms with E-state index in [2.05, 4.69) is 0 Å². The number of carbonyl (C=O) groups is 1. The van der Waals surface area contributed by atoms with Crippen LogP contribution in [-0.4, -0.2) is 34.8 Å². The van der Waals surface area contributed by atoms with E-state index < -0.39 is 11.2 Å². The van der Waals surface area contributed by atoms with Crippen LogP contribution in [0.5, 0.6) is 5.75 Å². The van der Waals surface area contributed by atoms with E-state index in [0.717, 1.165) is 29.7 Å². The van der Waals surface area contributed by atoms with Gasteiger partial charge in [-0.05, 0) is 63.8 Å². The van der Waals surface area contributed by atoms with Gasteiger partial charge in [0.2, 0.25) is 0 Å². The number of rotatable bonds is 5. The van der Waals surface area contributed by atoms with Gasteiger partial charge >= 0.3 is 6.09 Å². The van der Waals surface area contributed by atoms with E-state index in [0.29, 0.717) is 19.7 Å². The molecule has 30 heavy (non-hydrogen) atoms. The van der Waals surface area contributed by atoms with Gasteiger partial charge in [0, 0.05) is 19.0 Å². The SMILES string of the molecule is CC(C)(C)OC(=O)N1CCC[C@@H]([C@](C)(O)c2cccc(OCc3ccccc3)c2)C1. The van der Waals surface area contributed by atoms with E-state index in [9.17, 15) is 9.90 Å². The molecular weight excluding hydrogens is 378 g/mol. The summed E-state index contributed by atoms with van der Waals surface area (Å²) < 4.78 is 11.5. The fraction of sp³-hybridized carbons (Fsp3) is 0.480. The number of carbonyl (C=O) groups excluding carboxylic acids is 1. The Morgan fingerprint density at radius 2 is 1.83 bits per heavy atom. The average molecular weight is 412 g/mol. The first-order chi connectivity index (χ1) is 14.1. The minimum Gasteiger partial charge on any atom is -0.489 e. The zero-order valence-corrected chi connectivity index (χ0v) is 18.4. The zero-order valence-electron chi connectivity index (χ0n) is 18.4. The van der Waals surface area contributed by atoms with Gasteiger partial charge in [0.15, 0.2) is 0 Å². The highest BCUT2D eigenvalue weighted by Crippen LogP contribution is 2.37. The Morgan fingerprint density at radius 3 is 2.53 bits per heavy atom. The molecule has 1 N–H and O–H groups in total. The molecule has 0 saturated carbocycles. The zero-order chi connectivity index (χ0) is 21.8. The van der Waals surface area contributed by atoms with Gasteiger partial charge in [-0.1, -0.05) is 42.5 Å². The molecule has 0 aliphatic carbocycles. The van der Waals surface area contributed by atoms with Gasteiger partial charge in [0.1, 0.15) is 18.0 Å². The largest absolute Gasteiger partial charge is 0.489 e. The van der Waals surface area contributed by atoms with Crippen LogP contribution in [0.1, 0.15) is 51.7 Å². The van der Waals surface area contributed by atoms with Gasteiger partial charge in [-0.3, -0.25) is 0 Å². The monoisotopic (exact) mass is 411 g/mol. The summed E-state index contributed by atoms with van der Waals surface area (Å²) >= 11 is 0. The number of nitrogens with zero attached hydrogens (tertiary/aromatic N) is 1. The van der Waals surface area contributed by atoms with Crippen molar-refractivity contribution in [3.05, 3.63) is 65.7 Å². The summed E-state index contributed by atoms with van der Waals surface area (Å²) in [6.45, 7) is 9.02. The Labute approximate surface area is 179 Å². The van der Waals surface area contributed by atoms with Crippen molar-refractivity contribution in [3.8, 4) is 5.75 Å². The van der Waals surface area contributed by atoms with Gasteiger partial charge in [-0.25, -0.2) is 4.79 Å². The van der Waals surface area contributed by atoms with Crippen LogP contribution in [0.2, 0.25) is 0 Å². The molecule has 1 aliphatic heterocycles. The van der Waals surface area contributed by atoms with Crippen molar-refractivity contribution in [2.75, 3.05) is 13.1 Å². The van der Waals surface area contributed by atoms with E-state index in [4.69, 9.17) is 9.47 Å². The lowest BCUT2D eigenvalue weighted by molar-refractivity contribution is -0.0439. The molecule has 0 spiro atoms. The summed E-state index contributed by atoms with van der Waals surface area (Å²) in [5, 5.41) is 11.4. The van der Waals surface area contributed by atoms with Crippen molar-refractivity contribution in [2.24, 2.45) is 5.92 Å². The lowest BCUT2D eigenvalue weighted by atomic mass is 9.78. The van der Waals surface area contributed by atoms with Gasteiger partial charge in [0.05, 0.1) is 5.60 Å². The molecule has 1 amide bonds. The van der Waals surface area contributed by atoms with Crippen LogP contribution in [0.4, 0.5) is 4.79 Å². The second-order valence-corrected chi connectivity index (χ2v) is 9.22. The first kappa shape index (κ1) is 22.2. The van der Waals surface area contributed by atoms with Crippen molar-refractivity contribution in [1.29, 1.82) is 0 Å². The molecule has 2 aromatic rings. The summed E-state index contributed by atoms with van der Waals surface area (Å²) in [5.74, 6) is 0.638. The molecule has 3 rings (SSSR count). The molecule has 1 aliphatic rings. The number of aliphatic hydroxyl groups is 1. The fourth-order valence-electron chi connectivity index (χ4n) is 3.81. The number of hydrogen-bond donors (Lipinski definition) is 1. The van der Waals surface area contributed by atoms with Crippen molar-refractivity contribution in [3.63, 3.8) is 0 Å². The Balaban J connectivity index is 1.69. The first-order valence-corrected chi connectivity index (χ1v) is 10.6. The molecule has 1 saturated heterocycles. The lowest BCUT2D eigenvalue weighted by Gasteiger charge is -2.41. The molecule has 0 radical (unpaired) electrons. The summed E-state index contributed by atoms with van der Waals surface area (Å²) in [5.41, 5.74) is 0.281. The van der Waals surface area contributed by atoms with Crippen LogP contribution in [0, 0.1) is 5.92 Å². The van der Waals surface area contributed by atoms with Crippen molar-refractivity contribution < 1.29 is 19.4 Å². The average Bonchev–Trinajstić information content (AvgIpc) is 2.72. The van der Waals surface area contributed by atoms with Gasteiger partial charge in [-0.2, -0.15) is 0 Å². The molecular formula is C25H33NO4. The Morgan fingerprint density at radius 1 is 1.10 bits per heavy atom. The molecule has 162 valence electrons. The lowest BCUT2D eigenvalue weighted by Crippen LogP contribution is -2.48. The van der Waals surface area contributed by atoms with Crippen LogP contribution in [0.15, 0.2) is 54.6 Å². The minimum absolute atomic E-state index is 0.0804. The Bertz CT molecular complexity index is 842. The molecule has 2 atom stereocenters. The van der Waals surface area contributed by atoms with E-state index in [1.807, 2.05) is 82.3 Å². The highest BCUT2D eigenvalue weighted by molar-refractivity contribution is 5.68. The number of benzene rings is 2. The minimum atomic E-state index is -1.08. The maximum Gasteiger partial charge on any atom is 0.410 e. The molecule has 1 fully saturated rings. The molecule has 0 aromatic heterocycles. The highest BCUT2D eigenvalue weighted by atomic mass is 16.6. The van der Waals surface area contributed by atoms with E-state index in [1.54, 1.807) is 4.90 Å². The predicted molar refractivity (Wildman–Crippen MR) is 117 cm³/mol.